The van der Waals surface area contributed by atoms with Crippen LogP contribution >= 0.6 is 15.9 Å². The van der Waals surface area contributed by atoms with Crippen molar-refractivity contribution < 1.29 is 4.79 Å². The Morgan fingerprint density at radius 1 is 1.60 bits per heavy atom. The van der Waals surface area contributed by atoms with Gasteiger partial charge in [-0.2, -0.15) is 0 Å². The predicted molar refractivity (Wildman–Crippen MR) is 84.7 cm³/mol. The van der Waals surface area contributed by atoms with Gasteiger partial charge in [0.05, 0.1) is 0 Å². The Balaban J connectivity index is 2.14. The van der Waals surface area contributed by atoms with Gasteiger partial charge < -0.3 is 15.2 Å². The maximum absolute atomic E-state index is 12.7. The molecule has 0 saturated carbocycles. The van der Waals surface area contributed by atoms with E-state index in [2.05, 4.69) is 22.9 Å². The molecule has 1 aromatic rings. The molecule has 2 rings (SSSR count). The van der Waals surface area contributed by atoms with Gasteiger partial charge in [0.1, 0.15) is 5.69 Å². The third kappa shape index (κ3) is 3.44. The number of rotatable bonds is 4. The van der Waals surface area contributed by atoms with Crippen LogP contribution in [0.5, 0.6) is 0 Å². The largest absolute Gasteiger partial charge is 0.342 e. The van der Waals surface area contributed by atoms with Gasteiger partial charge in [-0.15, -0.1) is 0 Å². The number of hydrogen-bond acceptors (Lipinski definition) is 2. The third-order valence-corrected chi connectivity index (χ3v) is 4.47. The molecule has 1 fully saturated rings. The van der Waals surface area contributed by atoms with Crippen LogP contribution in [0, 0.1) is 5.92 Å². The van der Waals surface area contributed by atoms with E-state index in [4.69, 9.17) is 5.73 Å². The molecule has 4 nitrogen and oxygen atoms in total. The summed E-state index contributed by atoms with van der Waals surface area (Å²) in [6.07, 6.45) is 5.18. The number of carbonyl (C=O) groups excluding carboxylic acids is 1. The van der Waals surface area contributed by atoms with Crippen molar-refractivity contribution in [2.24, 2.45) is 11.7 Å². The molecule has 2 heterocycles. The van der Waals surface area contributed by atoms with E-state index in [-0.39, 0.29) is 11.9 Å². The van der Waals surface area contributed by atoms with E-state index in [9.17, 15) is 4.79 Å². The van der Waals surface area contributed by atoms with Crippen LogP contribution in [0.4, 0.5) is 0 Å². The van der Waals surface area contributed by atoms with Gasteiger partial charge in [-0.1, -0.05) is 6.92 Å². The van der Waals surface area contributed by atoms with Crippen LogP contribution in [-0.4, -0.2) is 34.5 Å². The number of aryl methyl sites for hydroxylation is 1. The van der Waals surface area contributed by atoms with Gasteiger partial charge >= 0.3 is 0 Å². The lowest BCUT2D eigenvalue weighted by Gasteiger charge is -2.34. The lowest BCUT2D eigenvalue weighted by atomic mass is 9.92. The molecule has 0 aliphatic carbocycles. The highest BCUT2D eigenvalue weighted by Gasteiger charge is 2.27. The summed E-state index contributed by atoms with van der Waals surface area (Å²) in [7, 11) is 0. The monoisotopic (exact) mass is 341 g/mol. The summed E-state index contributed by atoms with van der Waals surface area (Å²) in [6, 6.07) is 2.08. The molecular weight excluding hydrogens is 318 g/mol. The minimum atomic E-state index is 0.134. The Morgan fingerprint density at radius 3 is 3.00 bits per heavy atom. The number of hydrogen-bond donors (Lipinski definition) is 1. The summed E-state index contributed by atoms with van der Waals surface area (Å²) in [6.45, 7) is 6.66. The zero-order valence-corrected chi connectivity index (χ0v) is 13.9. The molecule has 1 aliphatic heterocycles. The Kier molecular flexibility index (Phi) is 5.27. The van der Waals surface area contributed by atoms with Gasteiger partial charge in [0.15, 0.2) is 0 Å². The van der Waals surface area contributed by atoms with E-state index >= 15 is 0 Å². The van der Waals surface area contributed by atoms with Crippen LogP contribution in [0.1, 0.15) is 43.6 Å². The van der Waals surface area contributed by atoms with E-state index < -0.39 is 0 Å². The molecule has 0 spiro atoms. The van der Waals surface area contributed by atoms with Crippen LogP contribution in [0.15, 0.2) is 16.7 Å². The van der Waals surface area contributed by atoms with Crippen molar-refractivity contribution in [3.05, 3.63) is 22.4 Å². The first-order valence-electron chi connectivity index (χ1n) is 7.43. The zero-order valence-electron chi connectivity index (χ0n) is 12.3. The number of amides is 1. The minimum Gasteiger partial charge on any atom is -0.342 e. The molecule has 5 heteroatoms. The van der Waals surface area contributed by atoms with E-state index in [0.717, 1.165) is 49.1 Å². The van der Waals surface area contributed by atoms with Crippen LogP contribution in [-0.2, 0) is 6.54 Å². The number of aromatic nitrogens is 1. The lowest BCUT2D eigenvalue weighted by molar-refractivity contribution is 0.0650. The Hall–Kier alpha value is -0.810. The second-order valence-electron chi connectivity index (χ2n) is 5.75. The van der Waals surface area contributed by atoms with Crippen LogP contribution in [0.3, 0.4) is 0 Å². The quantitative estimate of drug-likeness (QED) is 0.915. The molecule has 2 atom stereocenters. The second kappa shape index (κ2) is 6.76. The highest BCUT2D eigenvalue weighted by atomic mass is 79.9. The van der Waals surface area contributed by atoms with Crippen molar-refractivity contribution in [2.45, 2.75) is 45.7 Å². The average Bonchev–Trinajstić information content (AvgIpc) is 2.79. The Bertz CT molecular complexity index is 470. The van der Waals surface area contributed by atoms with Crippen molar-refractivity contribution >= 4 is 21.8 Å². The average molecular weight is 342 g/mol. The third-order valence-electron chi connectivity index (χ3n) is 4.04. The number of nitrogens with two attached hydrogens (primary N) is 1. The molecule has 112 valence electrons. The molecule has 2 unspecified atom stereocenters. The minimum absolute atomic E-state index is 0.134. The number of likely N-dealkylation sites (tertiary alicyclic amines) is 1. The first kappa shape index (κ1) is 15.6. The summed E-state index contributed by atoms with van der Waals surface area (Å²) >= 11 is 3.47. The molecule has 1 aromatic heterocycles. The topological polar surface area (TPSA) is 51.3 Å². The van der Waals surface area contributed by atoms with Crippen molar-refractivity contribution in [1.29, 1.82) is 0 Å². The predicted octanol–water partition coefficient (Wildman–Crippen LogP) is 2.86. The maximum Gasteiger partial charge on any atom is 0.270 e. The number of piperidine rings is 1. The molecule has 0 aromatic carbocycles. The van der Waals surface area contributed by atoms with Crippen molar-refractivity contribution in [2.75, 3.05) is 13.1 Å². The standard InChI is InChI=1S/C15H24BrN3O/c1-3-6-18-10-13(16)8-14(18)15(20)19-7-4-5-12(9-19)11(2)17/h8,10-12H,3-7,9,17H2,1-2H3. The number of carbonyl (C=O) groups is 1. The van der Waals surface area contributed by atoms with E-state index in [1.807, 2.05) is 28.7 Å². The fourth-order valence-electron chi connectivity index (χ4n) is 2.87. The molecule has 1 amide bonds. The number of halogens is 1. The molecule has 0 bridgehead atoms. The fourth-order valence-corrected chi connectivity index (χ4v) is 3.33. The van der Waals surface area contributed by atoms with Gasteiger partial charge in [-0.25, -0.2) is 0 Å². The summed E-state index contributed by atoms with van der Waals surface area (Å²) in [5.41, 5.74) is 6.78. The maximum atomic E-state index is 12.7. The van der Waals surface area contributed by atoms with Gasteiger partial charge in [0.2, 0.25) is 0 Å². The van der Waals surface area contributed by atoms with E-state index in [1.54, 1.807) is 0 Å². The first-order valence-corrected chi connectivity index (χ1v) is 8.22. The second-order valence-corrected chi connectivity index (χ2v) is 6.67. The van der Waals surface area contributed by atoms with Crippen LogP contribution in [0.2, 0.25) is 0 Å². The Morgan fingerprint density at radius 2 is 2.35 bits per heavy atom. The highest BCUT2D eigenvalue weighted by molar-refractivity contribution is 9.10. The normalized spacial score (nSPS) is 21.0. The lowest BCUT2D eigenvalue weighted by Crippen LogP contribution is -2.45. The van der Waals surface area contributed by atoms with Crippen molar-refractivity contribution in [3.8, 4) is 0 Å². The first-order chi connectivity index (χ1) is 9.52. The van der Waals surface area contributed by atoms with E-state index in [1.165, 1.54) is 0 Å². The zero-order chi connectivity index (χ0) is 14.7. The van der Waals surface area contributed by atoms with Gasteiger partial charge in [0, 0.05) is 36.3 Å². The summed E-state index contributed by atoms with van der Waals surface area (Å²) < 4.78 is 3.01. The smallest absolute Gasteiger partial charge is 0.270 e. The van der Waals surface area contributed by atoms with Crippen LogP contribution < -0.4 is 5.73 Å². The molecule has 20 heavy (non-hydrogen) atoms. The fraction of sp³-hybridized carbons (Fsp3) is 0.667. The molecule has 0 radical (unpaired) electrons. The number of nitrogens with zero attached hydrogens (tertiary/aromatic N) is 2. The summed E-state index contributed by atoms with van der Waals surface area (Å²) in [5.74, 6) is 0.556. The molecular formula is C15H24BrN3O. The molecule has 1 aliphatic rings. The van der Waals surface area contributed by atoms with Gasteiger partial charge in [-0.05, 0) is 54.1 Å². The van der Waals surface area contributed by atoms with Crippen molar-refractivity contribution in [3.63, 3.8) is 0 Å². The van der Waals surface area contributed by atoms with Crippen molar-refractivity contribution in [1.82, 2.24) is 9.47 Å². The van der Waals surface area contributed by atoms with Gasteiger partial charge in [0.25, 0.3) is 5.91 Å². The Labute approximate surface area is 129 Å². The summed E-state index contributed by atoms with van der Waals surface area (Å²) in [4.78, 5) is 14.7. The van der Waals surface area contributed by atoms with Gasteiger partial charge in [-0.3, -0.25) is 4.79 Å². The highest BCUT2D eigenvalue weighted by Crippen LogP contribution is 2.23. The van der Waals surface area contributed by atoms with Crippen LogP contribution in [0.25, 0.3) is 0 Å². The summed E-state index contributed by atoms with van der Waals surface area (Å²) in [5, 5.41) is 0. The SMILES string of the molecule is CCCn1cc(Br)cc1C(=O)N1CCCC(C(C)N)C1. The van der Waals surface area contributed by atoms with E-state index in [0.29, 0.717) is 5.92 Å². The molecule has 2 N–H and O–H groups in total. The molecule has 1 saturated heterocycles.